The molecule has 4 rings (SSSR count). The van der Waals surface area contributed by atoms with Crippen LogP contribution in [0.25, 0.3) is 16.7 Å². The number of hydrogen-bond acceptors (Lipinski definition) is 5. The molecule has 0 bridgehead atoms. The summed E-state index contributed by atoms with van der Waals surface area (Å²) < 4.78 is 28.7. The summed E-state index contributed by atoms with van der Waals surface area (Å²) >= 11 is 3.45. The van der Waals surface area contributed by atoms with Crippen LogP contribution >= 0.6 is 15.9 Å². The van der Waals surface area contributed by atoms with Gasteiger partial charge < -0.3 is 5.73 Å². The highest BCUT2D eigenvalue weighted by molar-refractivity contribution is 9.10. The van der Waals surface area contributed by atoms with Crippen molar-refractivity contribution in [2.75, 3.05) is 18.8 Å². The molecule has 0 amide bonds. The predicted octanol–water partition coefficient (Wildman–Crippen LogP) is 2.61. The SMILES string of the molecule is Nc1nccc(-n2nc(CN3CC(F)(F)C3)c3ccc(Br)cc32)n1. The molecule has 2 N–H and O–H groups in total. The molecule has 2 aromatic heterocycles. The molecule has 1 aliphatic rings. The monoisotopic (exact) mass is 394 g/mol. The molecule has 9 heteroatoms. The number of rotatable bonds is 3. The van der Waals surface area contributed by atoms with Gasteiger partial charge in [-0.2, -0.15) is 10.1 Å². The second-order valence-corrected chi connectivity index (χ2v) is 6.71. The van der Waals surface area contributed by atoms with Gasteiger partial charge in [-0.25, -0.2) is 18.4 Å². The Balaban J connectivity index is 1.78. The van der Waals surface area contributed by atoms with Crippen molar-refractivity contribution in [3.05, 3.63) is 40.6 Å². The number of nitrogens with two attached hydrogens (primary N) is 1. The molecule has 0 saturated carbocycles. The third-order valence-electron chi connectivity index (χ3n) is 3.88. The maximum absolute atomic E-state index is 13.1. The zero-order chi connectivity index (χ0) is 16.9. The largest absolute Gasteiger partial charge is 0.368 e. The van der Waals surface area contributed by atoms with Crippen LogP contribution in [0.1, 0.15) is 5.69 Å². The summed E-state index contributed by atoms with van der Waals surface area (Å²) in [6.07, 6.45) is 1.55. The molecule has 24 heavy (non-hydrogen) atoms. The number of alkyl halides is 2. The molecule has 124 valence electrons. The molecule has 0 spiro atoms. The lowest BCUT2D eigenvalue weighted by Gasteiger charge is -2.38. The van der Waals surface area contributed by atoms with Crippen molar-refractivity contribution in [1.82, 2.24) is 24.6 Å². The molecule has 0 aliphatic carbocycles. The minimum absolute atomic E-state index is 0.148. The van der Waals surface area contributed by atoms with E-state index in [1.165, 1.54) is 0 Å². The van der Waals surface area contributed by atoms with E-state index in [-0.39, 0.29) is 19.0 Å². The van der Waals surface area contributed by atoms with Gasteiger partial charge in [-0.15, -0.1) is 0 Å². The molecule has 3 aromatic rings. The van der Waals surface area contributed by atoms with E-state index in [2.05, 4.69) is 31.0 Å². The van der Waals surface area contributed by atoms with Crippen molar-refractivity contribution in [2.24, 2.45) is 0 Å². The standard InChI is InChI=1S/C15H13BrF2N6/c16-9-1-2-10-11(6-23-7-15(17,18)8-23)22-24(12(10)5-9)13-3-4-20-14(19)21-13/h1-5H,6-8H2,(H2,19,20,21). The molecule has 0 atom stereocenters. The Morgan fingerprint density at radius 2 is 2.04 bits per heavy atom. The summed E-state index contributed by atoms with van der Waals surface area (Å²) in [6.45, 7) is -0.113. The Hall–Kier alpha value is -2.13. The van der Waals surface area contributed by atoms with Gasteiger partial charge in [0.15, 0.2) is 5.82 Å². The highest BCUT2D eigenvalue weighted by Gasteiger charge is 2.43. The molecule has 0 radical (unpaired) electrons. The molecule has 6 nitrogen and oxygen atoms in total. The van der Waals surface area contributed by atoms with E-state index in [0.717, 1.165) is 21.1 Å². The maximum Gasteiger partial charge on any atom is 0.272 e. The average Bonchev–Trinajstić information content (AvgIpc) is 2.83. The van der Waals surface area contributed by atoms with Gasteiger partial charge in [0, 0.05) is 28.7 Å². The van der Waals surface area contributed by atoms with Crippen molar-refractivity contribution in [3.8, 4) is 5.82 Å². The third kappa shape index (κ3) is 2.73. The average molecular weight is 395 g/mol. The first-order chi connectivity index (χ1) is 11.4. The number of aromatic nitrogens is 4. The number of benzene rings is 1. The van der Waals surface area contributed by atoms with Crippen LogP contribution in [0.4, 0.5) is 14.7 Å². The van der Waals surface area contributed by atoms with E-state index in [1.807, 2.05) is 18.2 Å². The summed E-state index contributed by atoms with van der Waals surface area (Å²) in [4.78, 5) is 9.74. The van der Waals surface area contributed by atoms with E-state index < -0.39 is 5.92 Å². The van der Waals surface area contributed by atoms with Gasteiger partial charge >= 0.3 is 0 Å². The fourth-order valence-electron chi connectivity index (χ4n) is 2.86. The van der Waals surface area contributed by atoms with E-state index >= 15 is 0 Å². The van der Waals surface area contributed by atoms with Crippen LogP contribution in [-0.2, 0) is 6.54 Å². The van der Waals surface area contributed by atoms with Crippen LogP contribution < -0.4 is 5.73 Å². The number of likely N-dealkylation sites (tertiary alicyclic amines) is 1. The summed E-state index contributed by atoms with van der Waals surface area (Å²) in [5.41, 5.74) is 7.20. The van der Waals surface area contributed by atoms with Crippen molar-refractivity contribution < 1.29 is 8.78 Å². The molecule has 1 saturated heterocycles. The van der Waals surface area contributed by atoms with Gasteiger partial charge in [-0.3, -0.25) is 4.90 Å². The van der Waals surface area contributed by atoms with Gasteiger partial charge in [-0.1, -0.05) is 15.9 Å². The third-order valence-corrected chi connectivity index (χ3v) is 4.37. The number of fused-ring (bicyclic) bond motifs is 1. The minimum Gasteiger partial charge on any atom is -0.368 e. The van der Waals surface area contributed by atoms with Gasteiger partial charge in [0.1, 0.15) is 0 Å². The van der Waals surface area contributed by atoms with Gasteiger partial charge in [-0.05, 0) is 18.2 Å². The van der Waals surface area contributed by atoms with Crippen molar-refractivity contribution in [1.29, 1.82) is 0 Å². The van der Waals surface area contributed by atoms with Gasteiger partial charge in [0.2, 0.25) is 5.95 Å². The maximum atomic E-state index is 13.1. The van der Waals surface area contributed by atoms with Crippen molar-refractivity contribution in [2.45, 2.75) is 12.5 Å². The first-order valence-corrected chi connectivity index (χ1v) is 8.07. The van der Waals surface area contributed by atoms with Crippen LogP contribution in [-0.4, -0.2) is 43.7 Å². The lowest BCUT2D eigenvalue weighted by molar-refractivity contribution is -0.134. The lowest BCUT2D eigenvalue weighted by atomic mass is 10.1. The Bertz CT molecular complexity index is 917. The first-order valence-electron chi connectivity index (χ1n) is 7.27. The van der Waals surface area contributed by atoms with Gasteiger partial charge in [0.25, 0.3) is 5.92 Å². The Labute approximate surface area is 144 Å². The predicted molar refractivity (Wildman–Crippen MR) is 89.0 cm³/mol. The minimum atomic E-state index is -2.59. The summed E-state index contributed by atoms with van der Waals surface area (Å²) in [5.74, 6) is -1.91. The van der Waals surface area contributed by atoms with Crippen molar-refractivity contribution in [3.63, 3.8) is 0 Å². The highest BCUT2D eigenvalue weighted by atomic mass is 79.9. The van der Waals surface area contributed by atoms with Crippen LogP contribution in [0.2, 0.25) is 0 Å². The number of nitrogen functional groups attached to an aromatic ring is 1. The molecule has 0 unspecified atom stereocenters. The molecule has 1 fully saturated rings. The second-order valence-electron chi connectivity index (χ2n) is 5.79. The number of hydrogen-bond donors (Lipinski definition) is 1. The summed E-state index contributed by atoms with van der Waals surface area (Å²) in [5, 5.41) is 5.47. The van der Waals surface area contributed by atoms with E-state index in [4.69, 9.17) is 5.73 Å². The Morgan fingerprint density at radius 1 is 1.25 bits per heavy atom. The quantitative estimate of drug-likeness (QED) is 0.738. The number of halogens is 3. The topological polar surface area (TPSA) is 72.9 Å². The normalized spacial score (nSPS) is 17.1. The zero-order valence-electron chi connectivity index (χ0n) is 12.5. The van der Waals surface area contributed by atoms with E-state index in [9.17, 15) is 8.78 Å². The Morgan fingerprint density at radius 3 is 2.75 bits per heavy atom. The molecular weight excluding hydrogens is 382 g/mol. The van der Waals surface area contributed by atoms with Crippen molar-refractivity contribution >= 4 is 32.8 Å². The molecular formula is C15H13BrF2N6. The smallest absolute Gasteiger partial charge is 0.272 e. The summed E-state index contributed by atoms with van der Waals surface area (Å²) in [7, 11) is 0. The fraction of sp³-hybridized carbons (Fsp3) is 0.267. The fourth-order valence-corrected chi connectivity index (χ4v) is 3.21. The molecule has 1 aromatic carbocycles. The van der Waals surface area contributed by atoms with E-state index in [1.54, 1.807) is 21.8 Å². The highest BCUT2D eigenvalue weighted by Crippen LogP contribution is 2.31. The first kappa shape index (κ1) is 15.4. The Kier molecular flexibility index (Phi) is 3.50. The van der Waals surface area contributed by atoms with Crippen LogP contribution in [0.5, 0.6) is 0 Å². The van der Waals surface area contributed by atoms with E-state index in [0.29, 0.717) is 12.4 Å². The van der Waals surface area contributed by atoms with Gasteiger partial charge in [0.05, 0.1) is 24.3 Å². The summed E-state index contributed by atoms with van der Waals surface area (Å²) in [6, 6.07) is 7.43. The lowest BCUT2D eigenvalue weighted by Crippen LogP contribution is -2.55. The van der Waals surface area contributed by atoms with Crippen LogP contribution in [0.15, 0.2) is 34.9 Å². The number of anilines is 1. The van der Waals surface area contributed by atoms with Crippen LogP contribution in [0, 0.1) is 0 Å². The molecule has 3 heterocycles. The molecule has 1 aliphatic heterocycles. The van der Waals surface area contributed by atoms with Crippen LogP contribution in [0.3, 0.4) is 0 Å². The zero-order valence-corrected chi connectivity index (χ0v) is 14.0. The second kappa shape index (κ2) is 5.45. The number of nitrogens with zero attached hydrogens (tertiary/aromatic N) is 5.